The molecule has 0 aliphatic heterocycles. The van der Waals surface area contributed by atoms with Crippen LogP contribution in [0.4, 0.5) is 0 Å². The Labute approximate surface area is 169 Å². The van der Waals surface area contributed by atoms with Crippen molar-refractivity contribution in [3.63, 3.8) is 0 Å². The van der Waals surface area contributed by atoms with Gasteiger partial charge in [0.25, 0.3) is 0 Å². The van der Waals surface area contributed by atoms with Crippen LogP contribution in [0.15, 0.2) is 61.2 Å². The molecule has 2 aromatic carbocycles. The smallest absolute Gasteiger partial charge is 0.494 e. The monoisotopic (exact) mass is 402 g/mol. The summed E-state index contributed by atoms with van der Waals surface area (Å²) in [5.74, 6) is 1.71. The average molecular weight is 403 g/mol. The predicted molar refractivity (Wildman–Crippen MR) is 113 cm³/mol. The topological polar surface area (TPSA) is 46.2 Å². The molecule has 152 valence electrons. The van der Waals surface area contributed by atoms with Gasteiger partial charge < -0.3 is 22.8 Å². The van der Waals surface area contributed by atoms with E-state index >= 15 is 0 Å². The maximum Gasteiger partial charge on any atom is 0.500 e. The molecule has 0 saturated carbocycles. The molecular weight excluding hydrogens is 372 g/mol. The third-order valence-corrected chi connectivity index (χ3v) is 7.28. The van der Waals surface area contributed by atoms with E-state index in [2.05, 4.69) is 30.8 Å². The maximum absolute atomic E-state index is 5.82. The lowest BCUT2D eigenvalue weighted by atomic mass is 10.0. The highest BCUT2D eigenvalue weighted by atomic mass is 28.4. The van der Waals surface area contributed by atoms with Crippen molar-refractivity contribution in [2.24, 2.45) is 0 Å². The van der Waals surface area contributed by atoms with Crippen LogP contribution in [0.1, 0.15) is 17.5 Å². The van der Waals surface area contributed by atoms with Gasteiger partial charge in [-0.25, -0.2) is 0 Å². The molecule has 0 radical (unpaired) electrons. The molecule has 2 aromatic rings. The van der Waals surface area contributed by atoms with Crippen molar-refractivity contribution in [2.45, 2.75) is 18.9 Å². The van der Waals surface area contributed by atoms with E-state index in [1.54, 1.807) is 27.4 Å². The van der Waals surface area contributed by atoms with Gasteiger partial charge in [-0.3, -0.25) is 0 Å². The minimum Gasteiger partial charge on any atom is -0.494 e. The summed E-state index contributed by atoms with van der Waals surface area (Å²) in [6.07, 6.45) is 3.41. The third-order valence-electron chi connectivity index (χ3n) is 4.45. The first-order chi connectivity index (χ1) is 13.6. The lowest BCUT2D eigenvalue weighted by Crippen LogP contribution is -2.42. The van der Waals surface area contributed by atoms with Crippen molar-refractivity contribution >= 4 is 8.80 Å². The summed E-state index contributed by atoms with van der Waals surface area (Å²) in [6, 6.07) is 17.1. The molecule has 0 aliphatic rings. The van der Waals surface area contributed by atoms with Crippen LogP contribution in [0.2, 0.25) is 6.04 Å². The molecule has 0 saturated heterocycles. The second-order valence-electron chi connectivity index (χ2n) is 6.31. The summed E-state index contributed by atoms with van der Waals surface area (Å²) in [5, 5.41) is 0. The molecule has 0 N–H and O–H groups in total. The quantitative estimate of drug-likeness (QED) is 0.281. The molecule has 0 aliphatic carbocycles. The van der Waals surface area contributed by atoms with Gasteiger partial charge >= 0.3 is 8.80 Å². The summed E-state index contributed by atoms with van der Waals surface area (Å²) in [5.41, 5.74) is 2.47. The van der Waals surface area contributed by atoms with Gasteiger partial charge in [-0.05, 0) is 48.2 Å². The first-order valence-electron chi connectivity index (χ1n) is 9.34. The van der Waals surface area contributed by atoms with E-state index in [1.165, 1.54) is 11.1 Å². The zero-order chi connectivity index (χ0) is 20.2. The number of benzene rings is 2. The fraction of sp³-hybridized carbons (Fsp3) is 0.364. The molecule has 6 heteroatoms. The molecule has 28 heavy (non-hydrogen) atoms. The molecule has 2 rings (SSSR count). The lowest BCUT2D eigenvalue weighted by molar-refractivity contribution is 0.121. The molecular formula is C22H30O5Si. The zero-order valence-corrected chi connectivity index (χ0v) is 18.0. The number of hydrogen-bond donors (Lipinski definition) is 0. The van der Waals surface area contributed by atoms with Crippen molar-refractivity contribution in [3.8, 4) is 11.5 Å². The average Bonchev–Trinajstić information content (AvgIpc) is 2.75. The van der Waals surface area contributed by atoms with Crippen LogP contribution in [-0.4, -0.2) is 43.3 Å². The normalized spacial score (nSPS) is 11.2. The van der Waals surface area contributed by atoms with Gasteiger partial charge in [0.15, 0.2) is 0 Å². The number of rotatable bonds is 13. The van der Waals surface area contributed by atoms with E-state index in [-0.39, 0.29) is 0 Å². The summed E-state index contributed by atoms with van der Waals surface area (Å²) >= 11 is 0. The largest absolute Gasteiger partial charge is 0.500 e. The molecule has 0 bridgehead atoms. The fourth-order valence-electron chi connectivity index (χ4n) is 2.83. The SMILES string of the molecule is C=CCOc1ccc(Cc2ccc(OCCC[Si](OC)(OC)OC)cc2)cc1. The molecule has 0 unspecified atom stereocenters. The highest BCUT2D eigenvalue weighted by Gasteiger charge is 2.36. The van der Waals surface area contributed by atoms with Crippen molar-refractivity contribution in [1.82, 2.24) is 0 Å². The van der Waals surface area contributed by atoms with E-state index in [4.69, 9.17) is 22.8 Å². The Morgan fingerprint density at radius 2 is 1.29 bits per heavy atom. The predicted octanol–water partition coefficient (Wildman–Crippen LogP) is 4.49. The van der Waals surface area contributed by atoms with Crippen molar-refractivity contribution in [2.75, 3.05) is 34.5 Å². The van der Waals surface area contributed by atoms with Crippen LogP contribution in [0.5, 0.6) is 11.5 Å². The second kappa shape index (κ2) is 11.7. The molecule has 0 fully saturated rings. The molecule has 0 aromatic heterocycles. The van der Waals surface area contributed by atoms with Crippen molar-refractivity contribution < 1.29 is 22.8 Å². The summed E-state index contributed by atoms with van der Waals surface area (Å²) in [4.78, 5) is 0. The summed E-state index contributed by atoms with van der Waals surface area (Å²) in [6.45, 7) is 4.77. The van der Waals surface area contributed by atoms with E-state index in [1.807, 2.05) is 24.3 Å². The summed E-state index contributed by atoms with van der Waals surface area (Å²) in [7, 11) is 2.36. The third kappa shape index (κ3) is 6.80. The molecule has 0 spiro atoms. The van der Waals surface area contributed by atoms with E-state index in [0.29, 0.717) is 13.2 Å². The van der Waals surface area contributed by atoms with Gasteiger partial charge in [0, 0.05) is 27.4 Å². The van der Waals surface area contributed by atoms with Gasteiger partial charge in [-0.2, -0.15) is 0 Å². The minimum absolute atomic E-state index is 0.520. The minimum atomic E-state index is -2.51. The Balaban J connectivity index is 1.79. The second-order valence-corrected chi connectivity index (χ2v) is 9.40. The highest BCUT2D eigenvalue weighted by Crippen LogP contribution is 2.19. The van der Waals surface area contributed by atoms with Crippen LogP contribution >= 0.6 is 0 Å². The first kappa shape index (κ1) is 22.2. The van der Waals surface area contributed by atoms with Crippen LogP contribution in [0.25, 0.3) is 0 Å². The Kier molecular flexibility index (Phi) is 9.23. The molecule has 5 nitrogen and oxygen atoms in total. The maximum atomic E-state index is 5.82. The summed E-state index contributed by atoms with van der Waals surface area (Å²) < 4.78 is 27.6. The van der Waals surface area contributed by atoms with Crippen LogP contribution in [0.3, 0.4) is 0 Å². The Morgan fingerprint density at radius 3 is 1.75 bits per heavy atom. The Bertz CT molecular complexity index is 688. The highest BCUT2D eigenvalue weighted by molar-refractivity contribution is 6.60. The van der Waals surface area contributed by atoms with Gasteiger partial charge in [0.05, 0.1) is 6.61 Å². The molecule has 0 heterocycles. The van der Waals surface area contributed by atoms with Crippen LogP contribution < -0.4 is 9.47 Å². The van der Waals surface area contributed by atoms with E-state index in [9.17, 15) is 0 Å². The van der Waals surface area contributed by atoms with E-state index < -0.39 is 8.80 Å². The Morgan fingerprint density at radius 1 is 0.786 bits per heavy atom. The Hall–Kier alpha value is -2.12. The van der Waals surface area contributed by atoms with Gasteiger partial charge in [0.2, 0.25) is 0 Å². The zero-order valence-electron chi connectivity index (χ0n) is 17.0. The number of ether oxygens (including phenoxy) is 2. The molecule has 0 atom stereocenters. The fourth-order valence-corrected chi connectivity index (χ4v) is 4.52. The lowest BCUT2D eigenvalue weighted by Gasteiger charge is -2.24. The number of hydrogen-bond acceptors (Lipinski definition) is 5. The van der Waals surface area contributed by atoms with Crippen LogP contribution in [-0.2, 0) is 19.7 Å². The van der Waals surface area contributed by atoms with E-state index in [0.717, 1.165) is 30.4 Å². The van der Waals surface area contributed by atoms with Crippen LogP contribution in [0, 0.1) is 0 Å². The van der Waals surface area contributed by atoms with Gasteiger partial charge in [-0.15, -0.1) is 0 Å². The first-order valence-corrected chi connectivity index (χ1v) is 11.3. The van der Waals surface area contributed by atoms with Crippen molar-refractivity contribution in [3.05, 3.63) is 72.3 Å². The van der Waals surface area contributed by atoms with Gasteiger partial charge in [-0.1, -0.05) is 36.9 Å². The van der Waals surface area contributed by atoms with Crippen molar-refractivity contribution in [1.29, 1.82) is 0 Å². The standard InChI is InChI=1S/C22H30O5Si/c1-5-15-26-21-11-7-19(8-12-21)18-20-9-13-22(14-10-20)27-16-6-17-28(23-2,24-3)25-4/h5,7-14H,1,6,15-18H2,2-4H3. The molecule has 0 amide bonds. The van der Waals surface area contributed by atoms with Gasteiger partial charge in [0.1, 0.15) is 18.1 Å².